The van der Waals surface area contributed by atoms with Crippen LogP contribution in [-0.4, -0.2) is 16.3 Å². The molecule has 2 rings (SSSR count). The van der Waals surface area contributed by atoms with Crippen LogP contribution in [-0.2, 0) is 13.5 Å². The van der Waals surface area contributed by atoms with E-state index in [-0.39, 0.29) is 0 Å². The number of aromatic nitrogens is 2. The van der Waals surface area contributed by atoms with Gasteiger partial charge >= 0.3 is 0 Å². The van der Waals surface area contributed by atoms with E-state index in [1.807, 2.05) is 18.7 Å². The van der Waals surface area contributed by atoms with Crippen molar-refractivity contribution >= 4 is 11.3 Å². The van der Waals surface area contributed by atoms with Crippen molar-refractivity contribution in [2.24, 2.45) is 7.05 Å². The summed E-state index contributed by atoms with van der Waals surface area (Å²) in [4.78, 5) is 0. The Balaban J connectivity index is 2.16. The van der Waals surface area contributed by atoms with Crippen molar-refractivity contribution in [2.75, 3.05) is 6.54 Å². The van der Waals surface area contributed by atoms with Crippen molar-refractivity contribution < 1.29 is 0 Å². The molecule has 1 N–H and O–H groups in total. The van der Waals surface area contributed by atoms with Crippen molar-refractivity contribution in [2.45, 2.75) is 32.7 Å². The summed E-state index contributed by atoms with van der Waals surface area (Å²) in [5, 5.41) is 12.4. The topological polar surface area (TPSA) is 29.9 Å². The Morgan fingerprint density at radius 1 is 1.50 bits per heavy atom. The van der Waals surface area contributed by atoms with Gasteiger partial charge in [0.1, 0.15) is 0 Å². The van der Waals surface area contributed by atoms with Gasteiger partial charge in [0.25, 0.3) is 0 Å². The van der Waals surface area contributed by atoms with E-state index in [0.717, 1.165) is 25.1 Å². The first kappa shape index (κ1) is 13.3. The maximum Gasteiger partial charge on any atom is 0.0597 e. The number of nitrogens with zero attached hydrogens (tertiary/aromatic N) is 2. The number of nitrogens with one attached hydrogen (secondary N) is 1. The lowest BCUT2D eigenvalue weighted by atomic mass is 10.1. The highest BCUT2D eigenvalue weighted by Crippen LogP contribution is 2.20. The van der Waals surface area contributed by atoms with Crippen molar-refractivity contribution in [1.29, 1.82) is 0 Å². The molecule has 18 heavy (non-hydrogen) atoms. The fraction of sp³-hybridized carbons (Fsp3) is 0.500. The van der Waals surface area contributed by atoms with Crippen LogP contribution in [0.5, 0.6) is 0 Å². The second-order valence-electron chi connectivity index (χ2n) is 4.68. The molecule has 0 aliphatic heterocycles. The molecule has 0 aliphatic rings. The molecule has 0 spiro atoms. The van der Waals surface area contributed by atoms with E-state index < -0.39 is 0 Å². The summed E-state index contributed by atoms with van der Waals surface area (Å²) in [7, 11) is 2.02. The minimum atomic E-state index is 0.353. The molecule has 0 radical (unpaired) electrons. The van der Waals surface area contributed by atoms with Crippen molar-refractivity contribution in [3.8, 4) is 0 Å². The molecule has 4 heteroatoms. The van der Waals surface area contributed by atoms with Gasteiger partial charge in [-0.25, -0.2) is 0 Å². The molecule has 0 saturated heterocycles. The third-order valence-electron chi connectivity index (χ3n) is 3.06. The third kappa shape index (κ3) is 3.21. The zero-order chi connectivity index (χ0) is 13.0. The SMILES string of the molecule is CCCNC(Cc1ccsc1)c1cc(C)nn1C. The van der Waals surface area contributed by atoms with E-state index in [9.17, 15) is 0 Å². The Labute approximate surface area is 113 Å². The quantitative estimate of drug-likeness (QED) is 0.868. The van der Waals surface area contributed by atoms with E-state index in [1.54, 1.807) is 11.3 Å². The summed E-state index contributed by atoms with van der Waals surface area (Å²) in [5.41, 5.74) is 3.75. The third-order valence-corrected chi connectivity index (χ3v) is 3.79. The molecular formula is C14H21N3S. The molecule has 1 unspecified atom stereocenters. The van der Waals surface area contributed by atoms with E-state index in [4.69, 9.17) is 0 Å². The monoisotopic (exact) mass is 263 g/mol. The molecule has 0 aliphatic carbocycles. The summed E-state index contributed by atoms with van der Waals surface area (Å²) < 4.78 is 2.00. The molecule has 2 heterocycles. The van der Waals surface area contributed by atoms with Gasteiger partial charge in [-0.3, -0.25) is 4.68 Å². The molecule has 2 aromatic heterocycles. The first-order chi connectivity index (χ1) is 8.70. The maximum atomic E-state index is 4.45. The van der Waals surface area contributed by atoms with E-state index in [0.29, 0.717) is 6.04 Å². The molecule has 3 nitrogen and oxygen atoms in total. The van der Waals surface area contributed by atoms with Gasteiger partial charge in [-0.15, -0.1) is 0 Å². The van der Waals surface area contributed by atoms with Gasteiger partial charge in [-0.1, -0.05) is 6.92 Å². The molecule has 0 bridgehead atoms. The normalized spacial score (nSPS) is 12.8. The molecule has 0 amide bonds. The minimum absolute atomic E-state index is 0.353. The maximum absolute atomic E-state index is 4.45. The number of hydrogen-bond acceptors (Lipinski definition) is 3. The summed E-state index contributed by atoms with van der Waals surface area (Å²) >= 11 is 1.76. The van der Waals surface area contributed by atoms with Crippen molar-refractivity contribution in [3.05, 3.63) is 39.8 Å². The van der Waals surface area contributed by atoms with Crippen LogP contribution in [0, 0.1) is 6.92 Å². The summed E-state index contributed by atoms with van der Waals surface area (Å²) in [5.74, 6) is 0. The Morgan fingerprint density at radius 3 is 2.89 bits per heavy atom. The number of thiophene rings is 1. The molecule has 0 saturated carbocycles. The van der Waals surface area contributed by atoms with Crippen LogP contribution in [0.1, 0.15) is 36.3 Å². The fourth-order valence-corrected chi connectivity index (χ4v) is 2.88. The number of rotatable bonds is 6. The summed E-state index contributed by atoms with van der Waals surface area (Å²) in [6, 6.07) is 4.74. The van der Waals surface area contributed by atoms with E-state index in [1.165, 1.54) is 11.3 Å². The van der Waals surface area contributed by atoms with Crippen LogP contribution in [0.25, 0.3) is 0 Å². The van der Waals surface area contributed by atoms with Crippen LogP contribution in [0.4, 0.5) is 0 Å². The van der Waals surface area contributed by atoms with Crippen LogP contribution < -0.4 is 5.32 Å². The average molecular weight is 263 g/mol. The Bertz CT molecular complexity index is 473. The van der Waals surface area contributed by atoms with Crippen LogP contribution in [0.3, 0.4) is 0 Å². The molecular weight excluding hydrogens is 242 g/mol. The molecule has 0 fully saturated rings. The van der Waals surface area contributed by atoms with Gasteiger partial charge in [0, 0.05) is 7.05 Å². The zero-order valence-electron chi connectivity index (χ0n) is 11.3. The molecule has 98 valence electrons. The smallest absolute Gasteiger partial charge is 0.0597 e. The summed E-state index contributed by atoms with van der Waals surface area (Å²) in [6.45, 7) is 5.28. The number of aryl methyl sites for hydroxylation is 2. The lowest BCUT2D eigenvalue weighted by Crippen LogP contribution is -2.26. The lowest BCUT2D eigenvalue weighted by molar-refractivity contribution is 0.493. The average Bonchev–Trinajstić information content (AvgIpc) is 2.94. The van der Waals surface area contributed by atoms with Crippen LogP contribution in [0.15, 0.2) is 22.9 Å². The second-order valence-corrected chi connectivity index (χ2v) is 5.46. The Kier molecular flexibility index (Phi) is 4.55. The highest BCUT2D eigenvalue weighted by molar-refractivity contribution is 7.07. The Morgan fingerprint density at radius 2 is 2.33 bits per heavy atom. The van der Waals surface area contributed by atoms with E-state index in [2.05, 4.69) is 40.2 Å². The first-order valence-corrected chi connectivity index (χ1v) is 7.40. The predicted molar refractivity (Wildman–Crippen MR) is 77.0 cm³/mol. The minimum Gasteiger partial charge on any atom is -0.308 e. The van der Waals surface area contributed by atoms with Crippen LogP contribution >= 0.6 is 11.3 Å². The highest BCUT2D eigenvalue weighted by atomic mass is 32.1. The van der Waals surface area contributed by atoms with Gasteiger partial charge in [0.05, 0.1) is 17.4 Å². The Hall–Kier alpha value is -1.13. The molecule has 1 atom stereocenters. The summed E-state index contributed by atoms with van der Waals surface area (Å²) in [6.07, 6.45) is 2.18. The van der Waals surface area contributed by atoms with Gasteiger partial charge in [0.15, 0.2) is 0 Å². The standard InChI is InChI=1S/C14H21N3S/c1-4-6-15-13(9-12-5-7-18-10-12)14-8-11(2)16-17(14)3/h5,7-8,10,13,15H,4,6,9H2,1-3H3. The van der Waals surface area contributed by atoms with E-state index >= 15 is 0 Å². The van der Waals surface area contributed by atoms with Gasteiger partial charge in [0.2, 0.25) is 0 Å². The van der Waals surface area contributed by atoms with Gasteiger partial charge < -0.3 is 5.32 Å². The zero-order valence-corrected chi connectivity index (χ0v) is 12.1. The van der Waals surface area contributed by atoms with Gasteiger partial charge in [-0.2, -0.15) is 16.4 Å². The largest absolute Gasteiger partial charge is 0.308 e. The number of hydrogen-bond donors (Lipinski definition) is 1. The molecule has 0 aromatic carbocycles. The molecule has 2 aromatic rings. The van der Waals surface area contributed by atoms with Crippen LogP contribution in [0.2, 0.25) is 0 Å². The second kappa shape index (κ2) is 6.16. The predicted octanol–water partition coefficient (Wildman–Crippen LogP) is 3.07. The lowest BCUT2D eigenvalue weighted by Gasteiger charge is -2.18. The van der Waals surface area contributed by atoms with Crippen molar-refractivity contribution in [3.63, 3.8) is 0 Å². The first-order valence-electron chi connectivity index (χ1n) is 6.45. The van der Waals surface area contributed by atoms with Gasteiger partial charge in [-0.05, 0) is 54.8 Å². The van der Waals surface area contributed by atoms with Crippen molar-refractivity contribution in [1.82, 2.24) is 15.1 Å². The highest BCUT2D eigenvalue weighted by Gasteiger charge is 2.16. The fourth-order valence-electron chi connectivity index (χ4n) is 2.20.